The summed E-state index contributed by atoms with van der Waals surface area (Å²) in [5.41, 5.74) is 4.02. The average molecular weight is 287 g/mol. The Morgan fingerprint density at radius 1 is 1.35 bits per heavy atom. The number of hydrogen-bond acceptors (Lipinski definition) is 4. The zero-order valence-electron chi connectivity index (χ0n) is 11.5. The molecule has 0 heterocycles. The van der Waals surface area contributed by atoms with Gasteiger partial charge in [-0.25, -0.2) is 9.59 Å². The van der Waals surface area contributed by atoms with Crippen molar-refractivity contribution in [2.24, 2.45) is 5.73 Å². The van der Waals surface area contributed by atoms with Crippen molar-refractivity contribution in [2.45, 2.75) is 43.7 Å². The number of carboxylic acid groups (broad SMARTS) is 1. The van der Waals surface area contributed by atoms with Crippen LogP contribution >= 0.6 is 0 Å². The lowest BCUT2D eigenvalue weighted by molar-refractivity contribution is -0.140. The molecule has 0 aromatic rings. The third-order valence-electron chi connectivity index (χ3n) is 3.41. The van der Waals surface area contributed by atoms with Gasteiger partial charge in [-0.1, -0.05) is 12.8 Å². The monoisotopic (exact) mass is 287 g/mol. The van der Waals surface area contributed by atoms with Crippen molar-refractivity contribution in [1.82, 2.24) is 10.2 Å². The molecule has 1 aliphatic carbocycles. The minimum absolute atomic E-state index is 0.127. The maximum absolute atomic E-state index is 11.9. The maximum Gasteiger partial charge on any atom is 0.326 e. The van der Waals surface area contributed by atoms with E-state index in [4.69, 9.17) is 10.8 Å². The fourth-order valence-electron chi connectivity index (χ4n) is 2.37. The number of aliphatic hydroxyl groups is 1. The van der Waals surface area contributed by atoms with Crippen LogP contribution in [0.3, 0.4) is 0 Å². The van der Waals surface area contributed by atoms with E-state index in [2.05, 4.69) is 5.32 Å². The van der Waals surface area contributed by atoms with E-state index < -0.39 is 36.0 Å². The summed E-state index contributed by atoms with van der Waals surface area (Å²) in [6.07, 6.45) is 2.58. The van der Waals surface area contributed by atoms with Crippen molar-refractivity contribution in [3.63, 3.8) is 0 Å². The fraction of sp³-hybridized carbons (Fsp3) is 0.750. The SMILES string of the molecule is CN(CC1(O)CCCC1)C(=O)N[C@H](CC(N)=O)C(=O)O. The zero-order chi connectivity index (χ0) is 15.3. The van der Waals surface area contributed by atoms with Crippen LogP contribution in [0.4, 0.5) is 4.79 Å². The molecule has 0 bridgehead atoms. The second-order valence-electron chi connectivity index (χ2n) is 5.30. The van der Waals surface area contributed by atoms with Gasteiger partial charge in [0.1, 0.15) is 6.04 Å². The van der Waals surface area contributed by atoms with Crippen LogP contribution in [0.1, 0.15) is 32.1 Å². The largest absolute Gasteiger partial charge is 0.480 e. The molecule has 0 spiro atoms. The number of rotatable bonds is 6. The Morgan fingerprint density at radius 3 is 2.35 bits per heavy atom. The lowest BCUT2D eigenvalue weighted by Gasteiger charge is -2.29. The molecule has 0 aromatic heterocycles. The lowest BCUT2D eigenvalue weighted by atomic mass is 10.0. The molecule has 5 N–H and O–H groups in total. The molecule has 0 unspecified atom stereocenters. The average Bonchev–Trinajstić information content (AvgIpc) is 2.73. The van der Waals surface area contributed by atoms with Gasteiger partial charge in [-0.2, -0.15) is 0 Å². The lowest BCUT2D eigenvalue weighted by Crippen LogP contribution is -2.51. The molecule has 1 rings (SSSR count). The molecule has 8 nitrogen and oxygen atoms in total. The first kappa shape index (κ1) is 16.2. The van der Waals surface area contributed by atoms with Crippen molar-refractivity contribution >= 4 is 17.9 Å². The molecule has 20 heavy (non-hydrogen) atoms. The van der Waals surface area contributed by atoms with Gasteiger partial charge < -0.3 is 26.2 Å². The maximum atomic E-state index is 11.9. The van der Waals surface area contributed by atoms with Crippen LogP contribution in [-0.2, 0) is 9.59 Å². The summed E-state index contributed by atoms with van der Waals surface area (Å²) in [6, 6.07) is -2.01. The van der Waals surface area contributed by atoms with Gasteiger partial charge in [0.25, 0.3) is 0 Å². The quantitative estimate of drug-likeness (QED) is 0.510. The fourth-order valence-corrected chi connectivity index (χ4v) is 2.37. The molecule has 3 amide bonds. The highest BCUT2D eigenvalue weighted by Crippen LogP contribution is 2.29. The van der Waals surface area contributed by atoms with Gasteiger partial charge in [0, 0.05) is 7.05 Å². The normalized spacial score (nSPS) is 18.3. The van der Waals surface area contributed by atoms with Crippen LogP contribution in [-0.4, -0.2) is 58.3 Å². The number of nitrogens with zero attached hydrogens (tertiary/aromatic N) is 1. The number of likely N-dealkylation sites (N-methyl/N-ethyl adjacent to an activating group) is 1. The Hall–Kier alpha value is -1.83. The number of carboxylic acids is 1. The molecule has 1 atom stereocenters. The number of amides is 3. The molecule has 1 saturated carbocycles. The molecule has 0 aliphatic heterocycles. The van der Waals surface area contributed by atoms with E-state index in [0.717, 1.165) is 12.8 Å². The topological polar surface area (TPSA) is 133 Å². The first-order chi connectivity index (χ1) is 9.23. The Morgan fingerprint density at radius 2 is 1.90 bits per heavy atom. The Balaban J connectivity index is 2.54. The zero-order valence-corrected chi connectivity index (χ0v) is 11.5. The Bertz CT molecular complexity index is 393. The van der Waals surface area contributed by atoms with Crippen LogP contribution in [0.15, 0.2) is 0 Å². The minimum atomic E-state index is -1.36. The highest BCUT2D eigenvalue weighted by Gasteiger charge is 2.34. The molecule has 1 aliphatic rings. The Kier molecular flexibility index (Phi) is 5.32. The second kappa shape index (κ2) is 6.56. The standard InChI is InChI=1S/C12H21N3O5/c1-15(7-12(20)4-2-3-5-12)11(19)14-8(10(17)18)6-9(13)16/h8,20H,2-7H2,1H3,(H2,13,16)(H,14,19)(H,17,18)/t8-/m1/s1. The van der Waals surface area contributed by atoms with E-state index in [0.29, 0.717) is 12.8 Å². The summed E-state index contributed by atoms with van der Waals surface area (Å²) >= 11 is 0. The van der Waals surface area contributed by atoms with Crippen LogP contribution in [0, 0.1) is 0 Å². The first-order valence-electron chi connectivity index (χ1n) is 6.49. The predicted molar refractivity (Wildman–Crippen MR) is 69.8 cm³/mol. The number of nitrogens with one attached hydrogen (secondary N) is 1. The van der Waals surface area contributed by atoms with E-state index in [1.807, 2.05) is 0 Å². The van der Waals surface area contributed by atoms with Crippen molar-refractivity contribution < 1.29 is 24.6 Å². The highest BCUT2D eigenvalue weighted by atomic mass is 16.4. The molecular weight excluding hydrogens is 266 g/mol. The van der Waals surface area contributed by atoms with Gasteiger partial charge >= 0.3 is 12.0 Å². The number of carbonyl (C=O) groups excluding carboxylic acids is 2. The summed E-state index contributed by atoms with van der Waals surface area (Å²) in [5, 5.41) is 21.3. The van der Waals surface area contributed by atoms with E-state index >= 15 is 0 Å². The summed E-state index contributed by atoms with van der Waals surface area (Å²) in [5.74, 6) is -2.14. The number of carbonyl (C=O) groups is 3. The van der Waals surface area contributed by atoms with Crippen LogP contribution < -0.4 is 11.1 Å². The van der Waals surface area contributed by atoms with Gasteiger partial charge in [-0.3, -0.25) is 4.79 Å². The summed E-state index contributed by atoms with van der Waals surface area (Å²) < 4.78 is 0. The number of urea groups is 1. The molecule has 0 aromatic carbocycles. The molecule has 0 saturated heterocycles. The minimum Gasteiger partial charge on any atom is -0.480 e. The molecule has 8 heteroatoms. The molecular formula is C12H21N3O5. The summed E-state index contributed by atoms with van der Waals surface area (Å²) in [4.78, 5) is 34.7. The van der Waals surface area contributed by atoms with E-state index in [9.17, 15) is 19.5 Å². The van der Waals surface area contributed by atoms with E-state index in [-0.39, 0.29) is 6.54 Å². The van der Waals surface area contributed by atoms with Crippen molar-refractivity contribution in [2.75, 3.05) is 13.6 Å². The van der Waals surface area contributed by atoms with E-state index in [1.54, 1.807) is 0 Å². The van der Waals surface area contributed by atoms with Crippen molar-refractivity contribution in [1.29, 1.82) is 0 Å². The number of hydrogen-bond donors (Lipinski definition) is 4. The van der Waals surface area contributed by atoms with Crippen LogP contribution in [0.5, 0.6) is 0 Å². The summed E-state index contributed by atoms with van der Waals surface area (Å²) in [6.45, 7) is 0.127. The number of nitrogens with two attached hydrogens (primary N) is 1. The van der Waals surface area contributed by atoms with Gasteiger partial charge in [-0.15, -0.1) is 0 Å². The van der Waals surface area contributed by atoms with Gasteiger partial charge in [-0.05, 0) is 12.8 Å². The second-order valence-corrected chi connectivity index (χ2v) is 5.30. The van der Waals surface area contributed by atoms with Crippen molar-refractivity contribution in [3.8, 4) is 0 Å². The third kappa shape index (κ3) is 4.69. The number of aliphatic carboxylic acids is 1. The molecule has 1 fully saturated rings. The van der Waals surface area contributed by atoms with Crippen molar-refractivity contribution in [3.05, 3.63) is 0 Å². The highest BCUT2D eigenvalue weighted by molar-refractivity contribution is 5.87. The van der Waals surface area contributed by atoms with Crippen LogP contribution in [0.25, 0.3) is 0 Å². The molecule has 114 valence electrons. The third-order valence-corrected chi connectivity index (χ3v) is 3.41. The number of primary amides is 1. The van der Waals surface area contributed by atoms with Gasteiger partial charge in [0.05, 0.1) is 18.6 Å². The van der Waals surface area contributed by atoms with Crippen LogP contribution in [0.2, 0.25) is 0 Å². The van der Waals surface area contributed by atoms with Gasteiger partial charge in [0.15, 0.2) is 0 Å². The molecule has 0 radical (unpaired) electrons. The van der Waals surface area contributed by atoms with Gasteiger partial charge in [0.2, 0.25) is 5.91 Å². The van der Waals surface area contributed by atoms with E-state index in [1.165, 1.54) is 11.9 Å². The summed E-state index contributed by atoms with van der Waals surface area (Å²) in [7, 11) is 1.47. The predicted octanol–water partition coefficient (Wildman–Crippen LogP) is -0.738. The first-order valence-corrected chi connectivity index (χ1v) is 6.49. The Labute approximate surface area is 116 Å². The smallest absolute Gasteiger partial charge is 0.326 e.